The average molecular weight is 664 g/mol. The molecule has 0 fully saturated rings. The standard InChI is InChI=1S/C31H24Br2N2O5/c1-38-29-16-21(7-12-28(29)39-18-20-5-3-2-4-6-20)19-40-30-26(32)14-22(15-27(30)33)13-23(17-34)31(37)35-24-8-10-25(36)11-9-24/h2-16,36H,18-19H2,1H3,(H,35,37)/b23-13+. The summed E-state index contributed by atoms with van der Waals surface area (Å²) in [5.41, 5.74) is 2.93. The normalized spacial score (nSPS) is 10.9. The first-order chi connectivity index (χ1) is 19.4. The average Bonchev–Trinajstić information content (AvgIpc) is 2.96. The van der Waals surface area contributed by atoms with Gasteiger partial charge in [0.2, 0.25) is 0 Å². The van der Waals surface area contributed by atoms with E-state index in [1.807, 2.05) is 54.6 Å². The maximum Gasteiger partial charge on any atom is 0.266 e. The molecule has 0 heterocycles. The number of ether oxygens (including phenoxy) is 3. The van der Waals surface area contributed by atoms with Crippen molar-refractivity contribution in [3.8, 4) is 29.1 Å². The van der Waals surface area contributed by atoms with Gasteiger partial charge in [0.25, 0.3) is 5.91 Å². The van der Waals surface area contributed by atoms with Gasteiger partial charge in [-0.2, -0.15) is 5.26 Å². The topological polar surface area (TPSA) is 101 Å². The molecule has 4 rings (SSSR count). The van der Waals surface area contributed by atoms with Crippen molar-refractivity contribution in [1.82, 2.24) is 0 Å². The summed E-state index contributed by atoms with van der Waals surface area (Å²) in [6, 6.07) is 26.9. The molecular weight excluding hydrogens is 640 g/mol. The van der Waals surface area contributed by atoms with Gasteiger partial charge < -0.3 is 24.6 Å². The van der Waals surface area contributed by atoms with E-state index in [-0.39, 0.29) is 17.9 Å². The summed E-state index contributed by atoms with van der Waals surface area (Å²) >= 11 is 7.05. The van der Waals surface area contributed by atoms with Crippen LogP contribution >= 0.6 is 31.9 Å². The van der Waals surface area contributed by atoms with E-state index in [0.717, 1.165) is 11.1 Å². The summed E-state index contributed by atoms with van der Waals surface area (Å²) in [4.78, 5) is 12.6. The maximum absolute atomic E-state index is 12.6. The molecular formula is C31H24Br2N2O5. The van der Waals surface area contributed by atoms with Gasteiger partial charge in [-0.15, -0.1) is 0 Å². The third-order valence-electron chi connectivity index (χ3n) is 5.67. The minimum Gasteiger partial charge on any atom is -0.508 e. The van der Waals surface area contributed by atoms with E-state index < -0.39 is 5.91 Å². The second-order valence-electron chi connectivity index (χ2n) is 8.53. The Bertz CT molecular complexity index is 1540. The second-order valence-corrected chi connectivity index (χ2v) is 10.2. The Morgan fingerprint density at radius 1 is 0.900 bits per heavy atom. The molecule has 0 aromatic heterocycles. The Morgan fingerprint density at radius 3 is 2.23 bits per heavy atom. The minimum atomic E-state index is -0.564. The molecule has 2 N–H and O–H groups in total. The Balaban J connectivity index is 1.43. The first kappa shape index (κ1) is 28.7. The number of hydrogen-bond acceptors (Lipinski definition) is 6. The second kappa shape index (κ2) is 13.7. The fourth-order valence-electron chi connectivity index (χ4n) is 3.67. The van der Waals surface area contributed by atoms with Crippen LogP contribution in [0.5, 0.6) is 23.0 Å². The first-order valence-corrected chi connectivity index (χ1v) is 13.6. The number of nitriles is 1. The molecule has 0 unspecified atom stereocenters. The van der Waals surface area contributed by atoms with Crippen molar-refractivity contribution < 1.29 is 24.1 Å². The number of hydrogen-bond donors (Lipinski definition) is 2. The van der Waals surface area contributed by atoms with Crippen molar-refractivity contribution in [3.63, 3.8) is 0 Å². The van der Waals surface area contributed by atoms with E-state index >= 15 is 0 Å². The lowest BCUT2D eigenvalue weighted by atomic mass is 10.1. The van der Waals surface area contributed by atoms with Crippen molar-refractivity contribution in [1.29, 1.82) is 5.26 Å². The number of phenolic OH excluding ortho intramolecular Hbond substituents is 1. The third kappa shape index (κ3) is 7.65. The molecule has 0 aliphatic heterocycles. The number of aromatic hydroxyl groups is 1. The molecule has 40 heavy (non-hydrogen) atoms. The van der Waals surface area contributed by atoms with Crippen molar-refractivity contribution >= 4 is 49.5 Å². The quantitative estimate of drug-likeness (QED) is 0.103. The number of carbonyl (C=O) groups excluding carboxylic acids is 1. The van der Waals surface area contributed by atoms with Crippen LogP contribution < -0.4 is 19.5 Å². The van der Waals surface area contributed by atoms with Crippen LogP contribution in [-0.2, 0) is 18.0 Å². The lowest BCUT2D eigenvalue weighted by Gasteiger charge is -2.14. The number of phenols is 1. The minimum absolute atomic E-state index is 0.0788. The summed E-state index contributed by atoms with van der Waals surface area (Å²) in [5.74, 6) is 1.31. The molecule has 4 aromatic rings. The molecule has 202 valence electrons. The molecule has 0 radical (unpaired) electrons. The zero-order valence-electron chi connectivity index (χ0n) is 21.4. The number of halogens is 2. The number of carbonyl (C=O) groups is 1. The first-order valence-electron chi connectivity index (χ1n) is 12.0. The summed E-state index contributed by atoms with van der Waals surface area (Å²) in [7, 11) is 1.59. The Kier molecular flexibility index (Phi) is 9.84. The number of nitrogens with zero attached hydrogens (tertiary/aromatic N) is 1. The van der Waals surface area contributed by atoms with Gasteiger partial charge in [-0.25, -0.2) is 0 Å². The summed E-state index contributed by atoms with van der Waals surface area (Å²) in [6.07, 6.45) is 1.48. The van der Waals surface area contributed by atoms with Gasteiger partial charge in [0, 0.05) is 5.69 Å². The lowest BCUT2D eigenvalue weighted by molar-refractivity contribution is -0.112. The van der Waals surface area contributed by atoms with Crippen LogP contribution in [0.4, 0.5) is 5.69 Å². The highest BCUT2D eigenvalue weighted by Crippen LogP contribution is 2.37. The van der Waals surface area contributed by atoms with Crippen molar-refractivity contribution in [2.75, 3.05) is 12.4 Å². The SMILES string of the molecule is COc1cc(COc2c(Br)cc(/C=C(\C#N)C(=O)Nc3ccc(O)cc3)cc2Br)ccc1OCc1ccccc1. The van der Waals surface area contributed by atoms with Crippen LogP contribution in [0.25, 0.3) is 6.08 Å². The van der Waals surface area contributed by atoms with Crippen molar-refractivity contribution in [2.24, 2.45) is 0 Å². The predicted molar refractivity (Wildman–Crippen MR) is 160 cm³/mol. The fourth-order valence-corrected chi connectivity index (χ4v) is 5.12. The van der Waals surface area contributed by atoms with Crippen molar-refractivity contribution in [3.05, 3.63) is 116 Å². The van der Waals surface area contributed by atoms with Crippen LogP contribution in [0.1, 0.15) is 16.7 Å². The van der Waals surface area contributed by atoms with Gasteiger partial charge in [-0.05, 0) is 103 Å². The lowest BCUT2D eigenvalue weighted by Crippen LogP contribution is -2.13. The smallest absolute Gasteiger partial charge is 0.266 e. The van der Waals surface area contributed by atoms with E-state index in [4.69, 9.17) is 14.2 Å². The number of rotatable bonds is 10. The maximum atomic E-state index is 12.6. The Morgan fingerprint density at radius 2 is 1.57 bits per heavy atom. The van der Waals surface area contributed by atoms with E-state index in [2.05, 4.69) is 37.2 Å². The molecule has 0 saturated carbocycles. The van der Waals surface area contributed by atoms with E-state index in [0.29, 0.717) is 44.1 Å². The highest BCUT2D eigenvalue weighted by atomic mass is 79.9. The molecule has 9 heteroatoms. The largest absolute Gasteiger partial charge is 0.508 e. The zero-order chi connectivity index (χ0) is 28.5. The van der Waals surface area contributed by atoms with Crippen LogP contribution in [-0.4, -0.2) is 18.1 Å². The molecule has 0 aliphatic carbocycles. The van der Waals surface area contributed by atoms with Crippen molar-refractivity contribution in [2.45, 2.75) is 13.2 Å². The molecule has 0 saturated heterocycles. The van der Waals surface area contributed by atoms with Gasteiger partial charge in [-0.3, -0.25) is 4.79 Å². The highest BCUT2D eigenvalue weighted by Gasteiger charge is 2.14. The van der Waals surface area contributed by atoms with Crippen LogP contribution in [0.3, 0.4) is 0 Å². The third-order valence-corrected chi connectivity index (χ3v) is 6.85. The van der Waals surface area contributed by atoms with Gasteiger partial charge >= 0.3 is 0 Å². The molecule has 4 aromatic carbocycles. The van der Waals surface area contributed by atoms with Crippen LogP contribution in [0.15, 0.2) is 99.4 Å². The number of methoxy groups -OCH3 is 1. The Labute approximate surface area is 248 Å². The van der Waals surface area contributed by atoms with Gasteiger partial charge in [-0.1, -0.05) is 36.4 Å². The van der Waals surface area contributed by atoms with E-state index in [1.54, 1.807) is 31.4 Å². The van der Waals surface area contributed by atoms with E-state index in [9.17, 15) is 15.2 Å². The highest BCUT2D eigenvalue weighted by molar-refractivity contribution is 9.11. The number of anilines is 1. The number of nitrogens with one attached hydrogen (secondary N) is 1. The summed E-state index contributed by atoms with van der Waals surface area (Å²) in [6.45, 7) is 0.694. The molecule has 0 spiro atoms. The van der Waals surface area contributed by atoms with Gasteiger partial charge in [0.05, 0.1) is 16.1 Å². The van der Waals surface area contributed by atoms with E-state index in [1.165, 1.54) is 18.2 Å². The van der Waals surface area contributed by atoms with Gasteiger partial charge in [0.1, 0.15) is 36.4 Å². The molecule has 0 aliphatic rings. The van der Waals surface area contributed by atoms with Gasteiger partial charge in [0.15, 0.2) is 11.5 Å². The zero-order valence-corrected chi connectivity index (χ0v) is 24.5. The predicted octanol–water partition coefficient (Wildman–Crippen LogP) is 7.63. The molecule has 7 nitrogen and oxygen atoms in total. The molecule has 1 amide bonds. The molecule has 0 atom stereocenters. The number of amides is 1. The molecule has 0 bridgehead atoms. The summed E-state index contributed by atoms with van der Waals surface area (Å²) in [5, 5.41) is 21.6. The monoisotopic (exact) mass is 662 g/mol. The Hall–Kier alpha value is -4.26. The summed E-state index contributed by atoms with van der Waals surface area (Å²) < 4.78 is 18.8. The number of benzene rings is 4. The fraction of sp³-hybridized carbons (Fsp3) is 0.0968. The van der Waals surface area contributed by atoms with Crippen LogP contribution in [0, 0.1) is 11.3 Å². The van der Waals surface area contributed by atoms with Crippen LogP contribution in [0.2, 0.25) is 0 Å².